The normalized spacial score (nSPS) is 21.3. The summed E-state index contributed by atoms with van der Waals surface area (Å²) in [6.07, 6.45) is 10.1. The number of amides is 2. The molecule has 2 amide bonds. The highest BCUT2D eigenvalue weighted by Gasteiger charge is 2.48. The van der Waals surface area contributed by atoms with Crippen molar-refractivity contribution in [3.63, 3.8) is 0 Å². The van der Waals surface area contributed by atoms with Crippen LogP contribution in [-0.2, 0) is 17.5 Å². The van der Waals surface area contributed by atoms with E-state index in [1.165, 1.54) is 5.69 Å². The topological polar surface area (TPSA) is 111 Å². The van der Waals surface area contributed by atoms with Crippen LogP contribution in [0.2, 0.25) is 0 Å². The zero-order valence-corrected chi connectivity index (χ0v) is 23.3. The molecule has 1 spiro atoms. The molecule has 7 rings (SSSR count). The second kappa shape index (κ2) is 9.90. The number of aromatic nitrogens is 4. The Balaban J connectivity index is 1.08. The Kier molecular flexibility index (Phi) is 6.17. The minimum Gasteiger partial charge on any atom is -0.482 e. The maximum atomic E-state index is 13.5. The second-order valence-corrected chi connectivity index (χ2v) is 11.7. The molecule has 3 N–H and O–H groups in total. The Bertz CT molecular complexity index is 1570. The molecule has 2 fully saturated rings. The van der Waals surface area contributed by atoms with Gasteiger partial charge in [-0.1, -0.05) is 30.3 Å². The number of carbonyl (C=O) groups excluding carboxylic acids is 1. The number of rotatable bonds is 6. The molecule has 1 saturated carbocycles. The zero-order chi connectivity index (χ0) is 28.0. The third-order valence-electron chi connectivity index (χ3n) is 9.30. The standard InChI is InChI=1S/C32H35N7O2/c1-22(23-6-3-2-4-7-23)41-27-18-24(20-35-29(27)33)26-19-28-31(13-17-39(28)37-26)12-16-38(21-31)30(40)36-32(10-5-11-32)25-8-14-34-15-9-25/h2-4,6-9,14-15,18-20,22H,5,10-13,16-17,21H2,1H3,(H2,33,35)(H,36,40)/t22-,31?/m1/s1. The smallest absolute Gasteiger partial charge is 0.318 e. The van der Waals surface area contributed by atoms with E-state index in [4.69, 9.17) is 15.6 Å². The number of aryl methyl sites for hydroxylation is 1. The van der Waals surface area contributed by atoms with Crippen molar-refractivity contribution in [1.82, 2.24) is 30.0 Å². The van der Waals surface area contributed by atoms with Crippen LogP contribution in [-0.4, -0.2) is 43.8 Å². The number of nitrogens with zero attached hydrogens (tertiary/aromatic N) is 5. The Labute approximate surface area is 239 Å². The van der Waals surface area contributed by atoms with Crippen molar-refractivity contribution >= 4 is 11.8 Å². The molecule has 2 atom stereocenters. The number of fused-ring (bicyclic) bond motifs is 2. The number of urea groups is 1. The number of likely N-dealkylation sites (tertiary alicyclic amines) is 1. The summed E-state index contributed by atoms with van der Waals surface area (Å²) in [7, 11) is 0. The fraction of sp³-hybridized carbons (Fsp3) is 0.375. The summed E-state index contributed by atoms with van der Waals surface area (Å²) in [5.74, 6) is 0.901. The fourth-order valence-corrected chi connectivity index (χ4v) is 6.71. The lowest BCUT2D eigenvalue weighted by Crippen LogP contribution is -2.54. The molecule has 3 aromatic heterocycles. The van der Waals surface area contributed by atoms with Gasteiger partial charge in [-0.05, 0) is 74.4 Å². The Morgan fingerprint density at radius 1 is 1.05 bits per heavy atom. The van der Waals surface area contributed by atoms with Crippen LogP contribution < -0.4 is 15.8 Å². The molecule has 2 aliphatic heterocycles. The average Bonchev–Trinajstić information content (AvgIpc) is 3.69. The first-order valence-electron chi connectivity index (χ1n) is 14.5. The molecule has 0 bridgehead atoms. The molecule has 3 aliphatic rings. The molecule has 41 heavy (non-hydrogen) atoms. The van der Waals surface area contributed by atoms with Crippen LogP contribution in [0.5, 0.6) is 5.75 Å². The Morgan fingerprint density at radius 3 is 2.59 bits per heavy atom. The van der Waals surface area contributed by atoms with Gasteiger partial charge in [0.15, 0.2) is 11.6 Å². The van der Waals surface area contributed by atoms with Gasteiger partial charge in [-0.15, -0.1) is 0 Å². The van der Waals surface area contributed by atoms with Crippen LogP contribution >= 0.6 is 0 Å². The molecule has 4 aromatic rings. The predicted octanol–water partition coefficient (Wildman–Crippen LogP) is 5.20. The third-order valence-corrected chi connectivity index (χ3v) is 9.30. The lowest BCUT2D eigenvalue weighted by molar-refractivity contribution is 0.154. The van der Waals surface area contributed by atoms with Crippen LogP contribution in [0.15, 0.2) is 73.2 Å². The summed E-state index contributed by atoms with van der Waals surface area (Å²) >= 11 is 0. The maximum absolute atomic E-state index is 13.5. The van der Waals surface area contributed by atoms with Gasteiger partial charge >= 0.3 is 6.03 Å². The number of hydrogen-bond donors (Lipinski definition) is 2. The number of carbonyl (C=O) groups is 1. The number of nitrogen functional groups attached to an aromatic ring is 1. The van der Waals surface area contributed by atoms with Gasteiger partial charge in [-0.3, -0.25) is 9.67 Å². The highest BCUT2D eigenvalue weighted by Crippen LogP contribution is 2.45. The van der Waals surface area contributed by atoms with E-state index in [-0.39, 0.29) is 23.1 Å². The van der Waals surface area contributed by atoms with E-state index in [0.29, 0.717) is 18.1 Å². The molecule has 5 heterocycles. The van der Waals surface area contributed by atoms with E-state index in [1.54, 1.807) is 18.6 Å². The van der Waals surface area contributed by atoms with Gasteiger partial charge < -0.3 is 20.7 Å². The van der Waals surface area contributed by atoms with Crippen LogP contribution in [0.3, 0.4) is 0 Å². The summed E-state index contributed by atoms with van der Waals surface area (Å²) in [4.78, 5) is 24.1. The van der Waals surface area contributed by atoms with Crippen molar-refractivity contribution < 1.29 is 9.53 Å². The molecule has 1 unspecified atom stereocenters. The van der Waals surface area contributed by atoms with Gasteiger partial charge in [0.2, 0.25) is 0 Å². The number of nitrogens with one attached hydrogen (secondary N) is 1. The van der Waals surface area contributed by atoms with Gasteiger partial charge in [0, 0.05) is 54.9 Å². The number of pyridine rings is 2. The van der Waals surface area contributed by atoms with Crippen molar-refractivity contribution in [2.75, 3.05) is 18.8 Å². The first-order valence-corrected chi connectivity index (χ1v) is 14.5. The minimum absolute atomic E-state index is 0.0219. The maximum Gasteiger partial charge on any atom is 0.318 e. The third kappa shape index (κ3) is 4.49. The molecule has 9 nitrogen and oxygen atoms in total. The van der Waals surface area contributed by atoms with Crippen molar-refractivity contribution in [1.29, 1.82) is 0 Å². The van der Waals surface area contributed by atoms with Crippen LogP contribution in [0.25, 0.3) is 11.3 Å². The molecule has 210 valence electrons. The van der Waals surface area contributed by atoms with Crippen molar-refractivity contribution in [2.24, 2.45) is 0 Å². The Hall–Kier alpha value is -4.40. The predicted molar refractivity (Wildman–Crippen MR) is 156 cm³/mol. The molecule has 0 radical (unpaired) electrons. The van der Waals surface area contributed by atoms with E-state index in [0.717, 1.165) is 67.6 Å². The highest BCUT2D eigenvalue weighted by molar-refractivity contribution is 5.76. The molecule has 1 aliphatic carbocycles. The Morgan fingerprint density at radius 2 is 1.83 bits per heavy atom. The number of ether oxygens (including phenoxy) is 1. The van der Waals surface area contributed by atoms with E-state index in [2.05, 4.69) is 26.0 Å². The van der Waals surface area contributed by atoms with Gasteiger partial charge in [-0.25, -0.2) is 9.78 Å². The molecular weight excluding hydrogens is 514 g/mol. The van der Waals surface area contributed by atoms with Crippen molar-refractivity contribution in [3.05, 3.63) is 90.0 Å². The lowest BCUT2D eigenvalue weighted by Gasteiger charge is -2.43. The molecular formula is C32H35N7O2. The van der Waals surface area contributed by atoms with E-state index in [9.17, 15) is 4.79 Å². The largest absolute Gasteiger partial charge is 0.482 e. The van der Waals surface area contributed by atoms with Crippen molar-refractivity contribution in [3.8, 4) is 17.0 Å². The van der Waals surface area contributed by atoms with Crippen LogP contribution in [0, 0.1) is 0 Å². The molecule has 1 aromatic carbocycles. The SMILES string of the molecule is C[C@@H](Oc1cc(-c2cc3n(n2)CCC32CCN(C(=O)NC3(c4ccncc4)CCC3)C2)cnc1N)c1ccccc1. The summed E-state index contributed by atoms with van der Waals surface area (Å²) in [6.45, 7) is 4.27. The van der Waals surface area contributed by atoms with Crippen molar-refractivity contribution in [2.45, 2.75) is 62.6 Å². The summed E-state index contributed by atoms with van der Waals surface area (Å²) < 4.78 is 8.32. The number of hydrogen-bond acceptors (Lipinski definition) is 6. The van der Waals surface area contributed by atoms with E-state index < -0.39 is 0 Å². The first kappa shape index (κ1) is 25.6. The number of benzene rings is 1. The monoisotopic (exact) mass is 549 g/mol. The number of anilines is 1. The van der Waals surface area contributed by atoms with Gasteiger partial charge in [0.05, 0.1) is 11.2 Å². The summed E-state index contributed by atoms with van der Waals surface area (Å²) in [5, 5.41) is 8.33. The van der Waals surface area contributed by atoms with Gasteiger partial charge in [0.1, 0.15) is 6.10 Å². The van der Waals surface area contributed by atoms with Crippen LogP contribution in [0.1, 0.15) is 62.0 Å². The number of nitrogens with two attached hydrogens (primary N) is 1. The lowest BCUT2D eigenvalue weighted by atomic mass is 9.72. The first-order chi connectivity index (χ1) is 19.9. The average molecular weight is 550 g/mol. The van der Waals surface area contributed by atoms with Gasteiger partial charge in [0.25, 0.3) is 0 Å². The zero-order valence-electron chi connectivity index (χ0n) is 23.3. The quantitative estimate of drug-likeness (QED) is 0.342. The molecule has 9 heteroatoms. The second-order valence-electron chi connectivity index (χ2n) is 11.7. The highest BCUT2D eigenvalue weighted by atomic mass is 16.5. The van der Waals surface area contributed by atoms with E-state index in [1.807, 2.05) is 60.4 Å². The van der Waals surface area contributed by atoms with Gasteiger partial charge in [-0.2, -0.15) is 5.10 Å². The summed E-state index contributed by atoms with van der Waals surface area (Å²) in [6, 6.07) is 18.2. The van der Waals surface area contributed by atoms with E-state index >= 15 is 0 Å². The summed E-state index contributed by atoms with van der Waals surface area (Å²) in [5.41, 5.74) is 10.9. The molecule has 1 saturated heterocycles. The minimum atomic E-state index is -0.277. The van der Waals surface area contributed by atoms with Crippen LogP contribution in [0.4, 0.5) is 10.6 Å². The fourth-order valence-electron chi connectivity index (χ4n) is 6.71.